The molecule has 0 saturated carbocycles. The molecule has 3 N–H and O–H groups in total. The van der Waals surface area contributed by atoms with E-state index in [9.17, 15) is 14.7 Å². The van der Waals surface area contributed by atoms with Crippen LogP contribution in [0.25, 0.3) is 0 Å². The largest absolute Gasteiger partial charge is 0.481 e. The fourth-order valence-corrected chi connectivity index (χ4v) is 5.27. The number of ether oxygens (including phenoxy) is 2. The van der Waals surface area contributed by atoms with Gasteiger partial charge in [0.05, 0.1) is 18.8 Å². The molecule has 0 aliphatic carbocycles. The zero-order valence-corrected chi connectivity index (χ0v) is 22.8. The maximum absolute atomic E-state index is 12.1. The minimum absolute atomic E-state index is 0.00199. The van der Waals surface area contributed by atoms with Gasteiger partial charge in [0, 0.05) is 56.6 Å². The summed E-state index contributed by atoms with van der Waals surface area (Å²) >= 11 is 1.65. The number of carboxylic acid groups (broad SMARTS) is 1. The molecule has 1 saturated heterocycles. The van der Waals surface area contributed by atoms with E-state index in [-0.39, 0.29) is 31.1 Å². The summed E-state index contributed by atoms with van der Waals surface area (Å²) in [6.07, 6.45) is 5.07. The molecule has 0 unspecified atom stereocenters. The maximum atomic E-state index is 12.1. The van der Waals surface area contributed by atoms with Crippen molar-refractivity contribution in [3.63, 3.8) is 0 Å². The first-order valence-electron chi connectivity index (χ1n) is 13.1. The number of nitrogens with one attached hydrogen (secondary N) is 1. The van der Waals surface area contributed by atoms with E-state index in [4.69, 9.17) is 14.6 Å². The van der Waals surface area contributed by atoms with Crippen molar-refractivity contribution in [1.29, 1.82) is 0 Å². The normalized spacial score (nSPS) is 19.1. The van der Waals surface area contributed by atoms with Crippen LogP contribution >= 0.6 is 11.8 Å². The summed E-state index contributed by atoms with van der Waals surface area (Å²) in [5, 5.41) is 21.9. The van der Waals surface area contributed by atoms with Crippen molar-refractivity contribution in [2.24, 2.45) is 7.05 Å². The molecule has 0 bridgehead atoms. The molecular weight excluding hydrogens is 518 g/mol. The molecule has 3 atom stereocenters. The Labute approximate surface area is 232 Å². The SMILES string of the molecule is Cn1ccnc1SC[C@@H]1C[C@H](c2ccc(CO)cc2)O[C@H](c2ccc(CNC(=O)CCCCC(=O)O)cc2)O1. The minimum atomic E-state index is -0.842. The molecule has 39 heavy (non-hydrogen) atoms. The first kappa shape index (κ1) is 28.8. The topological polar surface area (TPSA) is 123 Å². The molecule has 3 aromatic rings. The highest BCUT2D eigenvalue weighted by atomic mass is 32.2. The van der Waals surface area contributed by atoms with E-state index in [0.29, 0.717) is 32.2 Å². The van der Waals surface area contributed by atoms with Crippen LogP contribution in [0, 0.1) is 0 Å². The van der Waals surface area contributed by atoms with Crippen molar-refractivity contribution in [3.8, 4) is 0 Å². The summed E-state index contributed by atoms with van der Waals surface area (Å²) in [6, 6.07) is 15.6. The van der Waals surface area contributed by atoms with E-state index in [1.807, 2.05) is 66.3 Å². The van der Waals surface area contributed by atoms with Crippen LogP contribution in [-0.2, 0) is 39.3 Å². The number of rotatable bonds is 13. The quantitative estimate of drug-likeness (QED) is 0.209. The lowest BCUT2D eigenvalue weighted by atomic mass is 10.0. The monoisotopic (exact) mass is 553 g/mol. The summed E-state index contributed by atoms with van der Waals surface area (Å²) in [6.45, 7) is 0.394. The van der Waals surface area contributed by atoms with E-state index >= 15 is 0 Å². The van der Waals surface area contributed by atoms with Gasteiger partial charge in [-0.1, -0.05) is 60.3 Å². The van der Waals surface area contributed by atoms with Crippen molar-refractivity contribution in [3.05, 3.63) is 83.2 Å². The summed E-state index contributed by atoms with van der Waals surface area (Å²) in [5.74, 6) is -0.205. The van der Waals surface area contributed by atoms with Crippen LogP contribution in [-0.4, -0.2) is 43.5 Å². The highest BCUT2D eigenvalue weighted by molar-refractivity contribution is 7.99. The third-order valence-electron chi connectivity index (χ3n) is 6.58. The van der Waals surface area contributed by atoms with Crippen LogP contribution in [0.1, 0.15) is 66.8 Å². The number of hydrogen-bond acceptors (Lipinski definition) is 7. The standard InChI is InChI=1S/C29H35N3O6S/c1-32-15-14-30-29(32)39-19-24-16-25(22-10-8-21(18-33)9-11-22)38-28(37-24)23-12-6-20(7-13-23)17-31-26(34)4-2-3-5-27(35)36/h6-15,24-25,28,33H,2-5,16-19H2,1H3,(H,31,34)(H,35,36)/t24-,25+,28+/m0/s1. The number of benzene rings is 2. The number of aliphatic hydroxyl groups is 1. The van der Waals surface area contributed by atoms with E-state index in [0.717, 1.165) is 33.2 Å². The molecule has 10 heteroatoms. The number of unbranched alkanes of at least 4 members (excludes halogenated alkanes) is 1. The Kier molecular flexibility index (Phi) is 10.5. The summed E-state index contributed by atoms with van der Waals surface area (Å²) < 4.78 is 14.8. The second-order valence-electron chi connectivity index (χ2n) is 9.60. The first-order valence-corrected chi connectivity index (χ1v) is 14.1. The number of carboxylic acids is 1. The summed E-state index contributed by atoms with van der Waals surface area (Å²) in [5.41, 5.74) is 3.73. The Morgan fingerprint density at radius 1 is 1.03 bits per heavy atom. The predicted octanol–water partition coefficient (Wildman–Crippen LogP) is 4.51. The molecule has 4 rings (SSSR count). The molecule has 1 fully saturated rings. The number of aliphatic carboxylic acids is 1. The number of aliphatic hydroxyl groups excluding tert-OH is 1. The number of thioether (sulfide) groups is 1. The molecule has 0 spiro atoms. The number of aromatic nitrogens is 2. The maximum Gasteiger partial charge on any atom is 0.303 e. The van der Waals surface area contributed by atoms with Gasteiger partial charge in [-0.15, -0.1) is 0 Å². The molecule has 9 nitrogen and oxygen atoms in total. The number of imidazole rings is 1. The molecule has 208 valence electrons. The molecular formula is C29H35N3O6S. The third-order valence-corrected chi connectivity index (χ3v) is 7.77. The number of carbonyl (C=O) groups excluding carboxylic acids is 1. The Balaban J connectivity index is 1.38. The molecule has 2 heterocycles. The van der Waals surface area contributed by atoms with Crippen molar-refractivity contribution >= 4 is 23.6 Å². The zero-order chi connectivity index (χ0) is 27.6. The van der Waals surface area contributed by atoms with Gasteiger partial charge in [0.25, 0.3) is 0 Å². The zero-order valence-electron chi connectivity index (χ0n) is 22.0. The van der Waals surface area contributed by atoms with Gasteiger partial charge in [-0.2, -0.15) is 0 Å². The number of nitrogens with zero attached hydrogens (tertiary/aromatic N) is 2. The van der Waals surface area contributed by atoms with Gasteiger partial charge < -0.3 is 29.6 Å². The number of aryl methyl sites for hydroxylation is 1. The average molecular weight is 554 g/mol. The Morgan fingerprint density at radius 3 is 2.38 bits per heavy atom. The third kappa shape index (κ3) is 8.66. The number of amides is 1. The molecule has 1 aliphatic rings. The van der Waals surface area contributed by atoms with E-state index in [1.165, 1.54) is 0 Å². The van der Waals surface area contributed by atoms with Gasteiger partial charge >= 0.3 is 5.97 Å². The van der Waals surface area contributed by atoms with Crippen LogP contribution < -0.4 is 5.32 Å². The van der Waals surface area contributed by atoms with Gasteiger partial charge in [0.1, 0.15) is 0 Å². The Morgan fingerprint density at radius 2 is 1.72 bits per heavy atom. The van der Waals surface area contributed by atoms with Crippen LogP contribution in [0.3, 0.4) is 0 Å². The van der Waals surface area contributed by atoms with E-state index < -0.39 is 12.3 Å². The first-order chi connectivity index (χ1) is 18.9. The van der Waals surface area contributed by atoms with Crippen LogP contribution in [0.2, 0.25) is 0 Å². The van der Waals surface area contributed by atoms with Gasteiger partial charge in [-0.25, -0.2) is 4.98 Å². The minimum Gasteiger partial charge on any atom is -0.481 e. The highest BCUT2D eigenvalue weighted by Crippen LogP contribution is 2.39. The van der Waals surface area contributed by atoms with Crippen molar-refractivity contribution < 1.29 is 29.3 Å². The van der Waals surface area contributed by atoms with Crippen LogP contribution in [0.5, 0.6) is 0 Å². The number of carbonyl (C=O) groups is 2. The van der Waals surface area contributed by atoms with Crippen molar-refractivity contribution in [2.75, 3.05) is 5.75 Å². The number of hydrogen-bond donors (Lipinski definition) is 3. The van der Waals surface area contributed by atoms with E-state index in [2.05, 4.69) is 10.3 Å². The van der Waals surface area contributed by atoms with Crippen molar-refractivity contribution in [1.82, 2.24) is 14.9 Å². The van der Waals surface area contributed by atoms with Crippen LogP contribution in [0.15, 0.2) is 66.1 Å². The van der Waals surface area contributed by atoms with Gasteiger partial charge in [0.2, 0.25) is 5.91 Å². The molecule has 1 aromatic heterocycles. The second-order valence-corrected chi connectivity index (χ2v) is 10.6. The van der Waals surface area contributed by atoms with E-state index in [1.54, 1.807) is 18.0 Å². The van der Waals surface area contributed by atoms with Crippen molar-refractivity contribution in [2.45, 2.75) is 68.9 Å². The average Bonchev–Trinajstić information content (AvgIpc) is 3.37. The molecule has 2 aromatic carbocycles. The highest BCUT2D eigenvalue weighted by Gasteiger charge is 2.32. The lowest BCUT2D eigenvalue weighted by molar-refractivity contribution is -0.245. The predicted molar refractivity (Wildman–Crippen MR) is 147 cm³/mol. The lowest BCUT2D eigenvalue weighted by Crippen LogP contribution is -2.31. The van der Waals surface area contributed by atoms with Gasteiger partial charge in [-0.3, -0.25) is 9.59 Å². The Hall–Kier alpha value is -3.18. The van der Waals surface area contributed by atoms with Crippen LogP contribution in [0.4, 0.5) is 0 Å². The molecule has 0 radical (unpaired) electrons. The smallest absolute Gasteiger partial charge is 0.303 e. The van der Waals surface area contributed by atoms with Gasteiger partial charge in [0.15, 0.2) is 11.4 Å². The van der Waals surface area contributed by atoms with Gasteiger partial charge in [-0.05, 0) is 29.5 Å². The summed E-state index contributed by atoms with van der Waals surface area (Å²) in [7, 11) is 1.97. The molecule has 1 aliphatic heterocycles. The fourth-order valence-electron chi connectivity index (χ4n) is 4.32. The Bertz CT molecular complexity index is 1210. The second kappa shape index (κ2) is 14.3. The lowest BCUT2D eigenvalue weighted by Gasteiger charge is -2.36. The summed E-state index contributed by atoms with van der Waals surface area (Å²) in [4.78, 5) is 27.1. The fraction of sp³-hybridized carbons (Fsp3) is 0.414. The molecule has 1 amide bonds.